The summed E-state index contributed by atoms with van der Waals surface area (Å²) < 4.78 is 27.9. The predicted molar refractivity (Wildman–Crippen MR) is 114 cm³/mol. The fourth-order valence-corrected chi connectivity index (χ4v) is 3.79. The van der Waals surface area contributed by atoms with Gasteiger partial charge in [-0.15, -0.1) is 0 Å². The molecule has 0 aliphatic rings. The molecule has 3 aromatic carbocycles. The highest BCUT2D eigenvalue weighted by Crippen LogP contribution is 2.21. The Morgan fingerprint density at radius 2 is 1.62 bits per heavy atom. The normalized spacial score (nSPS) is 11.0. The molecule has 0 spiro atoms. The SMILES string of the molecule is NC(N)=NCCNC(=O)c1ccc(NS(=O)(=O)c2ccc3ccccc3c2)cc1. The summed E-state index contributed by atoms with van der Waals surface area (Å²) in [7, 11) is -3.75. The van der Waals surface area contributed by atoms with Gasteiger partial charge >= 0.3 is 0 Å². The molecule has 0 saturated carbocycles. The number of nitrogens with zero attached hydrogens (tertiary/aromatic N) is 1. The summed E-state index contributed by atoms with van der Waals surface area (Å²) in [6.45, 7) is 0.560. The third-order valence-electron chi connectivity index (χ3n) is 4.12. The van der Waals surface area contributed by atoms with Crippen LogP contribution in [0.4, 0.5) is 5.69 Å². The first-order valence-electron chi connectivity index (χ1n) is 8.80. The maximum absolute atomic E-state index is 12.7. The molecule has 0 aromatic heterocycles. The minimum atomic E-state index is -3.75. The number of nitrogens with one attached hydrogen (secondary N) is 2. The van der Waals surface area contributed by atoms with Gasteiger partial charge in [0, 0.05) is 17.8 Å². The van der Waals surface area contributed by atoms with E-state index in [1.54, 1.807) is 18.2 Å². The quantitative estimate of drug-likeness (QED) is 0.266. The van der Waals surface area contributed by atoms with Crippen molar-refractivity contribution < 1.29 is 13.2 Å². The van der Waals surface area contributed by atoms with Gasteiger partial charge in [-0.1, -0.05) is 30.3 Å². The fourth-order valence-electron chi connectivity index (χ4n) is 2.69. The van der Waals surface area contributed by atoms with E-state index in [9.17, 15) is 13.2 Å². The van der Waals surface area contributed by atoms with E-state index >= 15 is 0 Å². The molecule has 0 aliphatic carbocycles. The highest BCUT2D eigenvalue weighted by atomic mass is 32.2. The summed E-state index contributed by atoms with van der Waals surface area (Å²) in [6, 6.07) is 18.6. The zero-order valence-corrected chi connectivity index (χ0v) is 16.3. The number of carbonyl (C=O) groups is 1. The van der Waals surface area contributed by atoms with Crippen molar-refractivity contribution in [3.63, 3.8) is 0 Å². The summed E-state index contributed by atoms with van der Waals surface area (Å²) in [5.74, 6) is -0.345. The van der Waals surface area contributed by atoms with E-state index in [4.69, 9.17) is 11.5 Å². The van der Waals surface area contributed by atoms with Gasteiger partial charge in [-0.05, 0) is 47.2 Å². The second kappa shape index (κ2) is 8.61. The molecule has 1 amide bonds. The average Bonchev–Trinajstić information content (AvgIpc) is 2.71. The number of guanidine groups is 1. The number of amides is 1. The van der Waals surface area contributed by atoms with Crippen molar-refractivity contribution in [2.45, 2.75) is 4.90 Å². The van der Waals surface area contributed by atoms with Crippen LogP contribution in [-0.2, 0) is 10.0 Å². The van der Waals surface area contributed by atoms with Crippen LogP contribution < -0.4 is 21.5 Å². The Morgan fingerprint density at radius 1 is 0.931 bits per heavy atom. The molecule has 29 heavy (non-hydrogen) atoms. The molecule has 0 aliphatic heterocycles. The smallest absolute Gasteiger partial charge is 0.261 e. The molecule has 150 valence electrons. The van der Waals surface area contributed by atoms with Gasteiger partial charge in [0.25, 0.3) is 15.9 Å². The second-order valence-electron chi connectivity index (χ2n) is 6.25. The summed E-state index contributed by atoms with van der Waals surface area (Å²) in [4.78, 5) is 16.0. The van der Waals surface area contributed by atoms with Crippen molar-refractivity contribution >= 4 is 38.3 Å². The number of rotatable bonds is 7. The molecule has 0 heterocycles. The van der Waals surface area contributed by atoms with Crippen molar-refractivity contribution in [1.82, 2.24) is 5.32 Å². The number of aliphatic imine (C=N–C) groups is 1. The van der Waals surface area contributed by atoms with Crippen LogP contribution in [-0.4, -0.2) is 33.4 Å². The minimum absolute atomic E-state index is 0.0395. The summed E-state index contributed by atoms with van der Waals surface area (Å²) in [6.07, 6.45) is 0. The molecule has 3 aromatic rings. The molecule has 0 unspecified atom stereocenters. The lowest BCUT2D eigenvalue weighted by Gasteiger charge is -2.10. The number of fused-ring (bicyclic) bond motifs is 1. The Labute approximate surface area is 168 Å². The monoisotopic (exact) mass is 411 g/mol. The first-order chi connectivity index (χ1) is 13.8. The number of sulfonamides is 1. The number of benzene rings is 3. The summed E-state index contributed by atoms with van der Waals surface area (Å²) >= 11 is 0. The first-order valence-corrected chi connectivity index (χ1v) is 10.3. The van der Waals surface area contributed by atoms with Crippen molar-refractivity contribution in [3.8, 4) is 0 Å². The van der Waals surface area contributed by atoms with Crippen LogP contribution in [0.2, 0.25) is 0 Å². The zero-order valence-electron chi connectivity index (χ0n) is 15.5. The van der Waals surface area contributed by atoms with E-state index in [2.05, 4.69) is 15.0 Å². The van der Waals surface area contributed by atoms with Gasteiger partial charge < -0.3 is 16.8 Å². The molecule has 0 bridgehead atoms. The van der Waals surface area contributed by atoms with Gasteiger partial charge in [-0.3, -0.25) is 14.5 Å². The van der Waals surface area contributed by atoms with Crippen molar-refractivity contribution in [1.29, 1.82) is 0 Å². The van der Waals surface area contributed by atoms with Gasteiger partial charge in [0.1, 0.15) is 0 Å². The van der Waals surface area contributed by atoms with Crippen LogP contribution in [0.3, 0.4) is 0 Å². The zero-order chi connectivity index (χ0) is 20.9. The Kier molecular flexibility index (Phi) is 5.99. The molecule has 3 rings (SSSR count). The van der Waals surface area contributed by atoms with Gasteiger partial charge in [0.2, 0.25) is 0 Å². The molecule has 6 N–H and O–H groups in total. The highest BCUT2D eigenvalue weighted by molar-refractivity contribution is 7.92. The van der Waals surface area contributed by atoms with Crippen LogP contribution in [0.25, 0.3) is 10.8 Å². The van der Waals surface area contributed by atoms with E-state index in [0.29, 0.717) is 11.3 Å². The lowest BCUT2D eigenvalue weighted by atomic mass is 10.1. The molecule has 8 nitrogen and oxygen atoms in total. The molecular formula is C20H21N5O3S. The molecule has 0 fully saturated rings. The number of anilines is 1. The van der Waals surface area contributed by atoms with Gasteiger partial charge in [0.05, 0.1) is 11.4 Å². The van der Waals surface area contributed by atoms with Crippen LogP contribution in [0.1, 0.15) is 10.4 Å². The van der Waals surface area contributed by atoms with Crippen LogP contribution in [0, 0.1) is 0 Å². The Bertz CT molecular complexity index is 1150. The third kappa shape index (κ3) is 5.23. The Balaban J connectivity index is 1.67. The van der Waals surface area contributed by atoms with E-state index < -0.39 is 10.0 Å². The van der Waals surface area contributed by atoms with Gasteiger partial charge in [-0.25, -0.2) is 8.42 Å². The van der Waals surface area contributed by atoms with E-state index in [1.165, 1.54) is 24.3 Å². The largest absolute Gasteiger partial charge is 0.370 e. The lowest BCUT2D eigenvalue weighted by molar-refractivity contribution is 0.0955. The maximum atomic E-state index is 12.7. The summed E-state index contributed by atoms with van der Waals surface area (Å²) in [5, 5.41) is 4.47. The first kappa shape index (κ1) is 20.2. The van der Waals surface area contributed by atoms with Gasteiger partial charge in [-0.2, -0.15) is 0 Å². The molecule has 9 heteroatoms. The van der Waals surface area contributed by atoms with Crippen molar-refractivity contribution in [3.05, 3.63) is 72.3 Å². The third-order valence-corrected chi connectivity index (χ3v) is 5.50. The minimum Gasteiger partial charge on any atom is -0.370 e. The summed E-state index contributed by atoms with van der Waals surface area (Å²) in [5.41, 5.74) is 11.2. The highest BCUT2D eigenvalue weighted by Gasteiger charge is 2.15. The Hall–Kier alpha value is -3.59. The number of hydrogen-bond donors (Lipinski definition) is 4. The standard InChI is InChI=1S/C20H21N5O3S/c21-20(22)24-12-11-23-19(26)15-5-8-17(9-6-15)25-29(27,28)18-10-7-14-3-1-2-4-16(14)13-18/h1-10,13,25H,11-12H2,(H,23,26)(H4,21,22,24). The van der Waals surface area contributed by atoms with Crippen molar-refractivity contribution in [2.24, 2.45) is 16.5 Å². The van der Waals surface area contributed by atoms with Crippen LogP contribution in [0.5, 0.6) is 0 Å². The molecular weight excluding hydrogens is 390 g/mol. The Morgan fingerprint density at radius 3 is 2.31 bits per heavy atom. The molecule has 0 radical (unpaired) electrons. The van der Waals surface area contributed by atoms with Crippen LogP contribution >= 0.6 is 0 Å². The van der Waals surface area contributed by atoms with E-state index in [0.717, 1.165) is 10.8 Å². The van der Waals surface area contributed by atoms with Crippen LogP contribution in [0.15, 0.2) is 76.6 Å². The number of nitrogens with two attached hydrogens (primary N) is 2. The van der Waals surface area contributed by atoms with E-state index in [-0.39, 0.29) is 29.9 Å². The molecule has 0 atom stereocenters. The van der Waals surface area contributed by atoms with Gasteiger partial charge in [0.15, 0.2) is 5.96 Å². The predicted octanol–water partition coefficient (Wildman–Crippen LogP) is 1.64. The number of carbonyl (C=O) groups excluding carboxylic acids is 1. The fraction of sp³-hybridized carbons (Fsp3) is 0.100. The second-order valence-corrected chi connectivity index (χ2v) is 7.94. The molecule has 0 saturated heterocycles. The average molecular weight is 411 g/mol. The lowest BCUT2D eigenvalue weighted by Crippen LogP contribution is -2.28. The topological polar surface area (TPSA) is 140 Å². The maximum Gasteiger partial charge on any atom is 0.261 e. The number of hydrogen-bond acceptors (Lipinski definition) is 4. The van der Waals surface area contributed by atoms with E-state index in [1.807, 2.05) is 24.3 Å². The van der Waals surface area contributed by atoms with Crippen molar-refractivity contribution in [2.75, 3.05) is 17.8 Å².